The first-order valence-electron chi connectivity index (χ1n) is 11.1. The number of nitrogens with zero attached hydrogens (tertiary/aromatic N) is 3. The summed E-state index contributed by atoms with van der Waals surface area (Å²) in [5, 5.41) is 0.881. The molecule has 1 fully saturated rings. The fourth-order valence-electron chi connectivity index (χ4n) is 4.27. The monoisotopic (exact) mass is 442 g/mol. The molecule has 4 aromatic rings. The highest BCUT2D eigenvalue weighted by Gasteiger charge is 2.23. The van der Waals surface area contributed by atoms with Gasteiger partial charge in [-0.2, -0.15) is 0 Å². The van der Waals surface area contributed by atoms with E-state index in [4.69, 9.17) is 0 Å². The van der Waals surface area contributed by atoms with Crippen LogP contribution in [-0.4, -0.2) is 38.8 Å². The number of amides is 1. The molecular formula is C26H26N4OS. The number of pyridine rings is 1. The Kier molecular flexibility index (Phi) is 6.21. The topological polar surface area (TPSA) is 61.9 Å². The lowest BCUT2D eigenvalue weighted by molar-refractivity contribution is 0.0690. The zero-order valence-electron chi connectivity index (χ0n) is 17.9. The molecule has 1 aliphatic rings. The maximum atomic E-state index is 13.0. The van der Waals surface area contributed by atoms with Crippen molar-refractivity contribution in [1.29, 1.82) is 0 Å². The molecule has 2 aromatic heterocycles. The predicted molar refractivity (Wildman–Crippen MR) is 129 cm³/mol. The highest BCUT2D eigenvalue weighted by atomic mass is 32.2. The van der Waals surface area contributed by atoms with Gasteiger partial charge in [0.25, 0.3) is 5.91 Å². The lowest BCUT2D eigenvalue weighted by Gasteiger charge is -2.32. The second-order valence-corrected chi connectivity index (χ2v) is 9.31. The molecule has 32 heavy (non-hydrogen) atoms. The Bertz CT molecular complexity index is 1150. The molecule has 0 atom stereocenters. The minimum atomic E-state index is 0.146. The van der Waals surface area contributed by atoms with E-state index in [1.165, 1.54) is 11.1 Å². The van der Waals surface area contributed by atoms with E-state index in [0.29, 0.717) is 5.92 Å². The van der Waals surface area contributed by atoms with Crippen molar-refractivity contribution in [3.05, 3.63) is 89.7 Å². The number of hydrogen-bond donors (Lipinski definition) is 1. The second kappa shape index (κ2) is 9.57. The van der Waals surface area contributed by atoms with Crippen molar-refractivity contribution in [2.24, 2.45) is 5.92 Å². The summed E-state index contributed by atoms with van der Waals surface area (Å²) in [6.45, 7) is 1.68. The van der Waals surface area contributed by atoms with E-state index >= 15 is 0 Å². The fourth-order valence-corrected chi connectivity index (χ4v) is 5.11. The minimum absolute atomic E-state index is 0.146. The lowest BCUT2D eigenvalue weighted by atomic mass is 9.90. The Morgan fingerprint density at radius 3 is 2.53 bits per heavy atom. The van der Waals surface area contributed by atoms with Crippen molar-refractivity contribution in [1.82, 2.24) is 19.9 Å². The number of H-pyrrole nitrogens is 1. The van der Waals surface area contributed by atoms with Gasteiger partial charge in [0.05, 0.1) is 17.2 Å². The van der Waals surface area contributed by atoms with E-state index < -0.39 is 0 Å². The number of aromatic amines is 1. The normalized spacial score (nSPS) is 14.7. The molecule has 5 rings (SSSR count). The van der Waals surface area contributed by atoms with Crippen LogP contribution in [0.3, 0.4) is 0 Å². The van der Waals surface area contributed by atoms with Crippen LogP contribution in [0.4, 0.5) is 0 Å². The standard InChI is InChI=1S/C26H26N4OS/c31-25(30-14-11-20(12-15-30)16-19-4-2-1-3-5-19)22-8-6-21(7-9-22)18-32-26-28-23-10-13-27-17-24(23)29-26/h1-10,13,17,20H,11-12,14-16,18H2,(H,28,29). The van der Waals surface area contributed by atoms with E-state index in [1.807, 2.05) is 35.2 Å². The van der Waals surface area contributed by atoms with Crippen LogP contribution < -0.4 is 0 Å². The van der Waals surface area contributed by atoms with Crippen molar-refractivity contribution in [3.8, 4) is 0 Å². The summed E-state index contributed by atoms with van der Waals surface area (Å²) in [5.41, 5.74) is 5.21. The molecular weight excluding hydrogens is 416 g/mol. The molecule has 162 valence electrons. The summed E-state index contributed by atoms with van der Waals surface area (Å²) in [6, 6.07) is 20.6. The first-order valence-corrected chi connectivity index (χ1v) is 12.1. The summed E-state index contributed by atoms with van der Waals surface area (Å²) in [4.78, 5) is 26.9. The van der Waals surface area contributed by atoms with Gasteiger partial charge in [0.15, 0.2) is 5.16 Å². The zero-order chi connectivity index (χ0) is 21.8. The summed E-state index contributed by atoms with van der Waals surface area (Å²) < 4.78 is 0. The molecule has 5 nitrogen and oxygen atoms in total. The molecule has 6 heteroatoms. The number of aromatic nitrogens is 3. The molecule has 0 aliphatic carbocycles. The summed E-state index contributed by atoms with van der Waals surface area (Å²) in [5.74, 6) is 1.61. The SMILES string of the molecule is O=C(c1ccc(CSc2nc3ccncc3[nH]2)cc1)N1CCC(Cc2ccccc2)CC1. The predicted octanol–water partition coefficient (Wildman–Crippen LogP) is 5.35. The molecule has 1 amide bonds. The van der Waals surface area contributed by atoms with Crippen LogP contribution in [-0.2, 0) is 12.2 Å². The van der Waals surface area contributed by atoms with Gasteiger partial charge >= 0.3 is 0 Å². The van der Waals surface area contributed by atoms with Crippen molar-refractivity contribution >= 4 is 28.7 Å². The molecule has 0 unspecified atom stereocenters. The van der Waals surface area contributed by atoms with Gasteiger partial charge in [0.2, 0.25) is 0 Å². The van der Waals surface area contributed by atoms with Crippen LogP contribution in [0.25, 0.3) is 11.0 Å². The van der Waals surface area contributed by atoms with Gasteiger partial charge in [-0.05, 0) is 54.5 Å². The van der Waals surface area contributed by atoms with E-state index in [9.17, 15) is 4.79 Å². The summed E-state index contributed by atoms with van der Waals surface area (Å²) in [6.07, 6.45) is 6.79. The van der Waals surface area contributed by atoms with E-state index in [0.717, 1.165) is 59.9 Å². The third-order valence-corrected chi connectivity index (χ3v) is 7.05. The lowest BCUT2D eigenvalue weighted by Crippen LogP contribution is -2.38. The molecule has 0 radical (unpaired) electrons. The number of rotatable bonds is 6. The number of benzene rings is 2. The van der Waals surface area contributed by atoms with Gasteiger partial charge < -0.3 is 9.88 Å². The van der Waals surface area contributed by atoms with Crippen LogP contribution in [0.1, 0.15) is 34.3 Å². The molecule has 0 spiro atoms. The van der Waals surface area contributed by atoms with Crippen LogP contribution in [0.2, 0.25) is 0 Å². The van der Waals surface area contributed by atoms with Gasteiger partial charge in [-0.1, -0.05) is 54.2 Å². The quantitative estimate of drug-likeness (QED) is 0.409. The number of nitrogens with one attached hydrogen (secondary N) is 1. The first kappa shape index (κ1) is 20.8. The van der Waals surface area contributed by atoms with E-state index in [-0.39, 0.29) is 5.91 Å². The molecule has 2 aromatic carbocycles. The highest BCUT2D eigenvalue weighted by molar-refractivity contribution is 7.98. The van der Waals surface area contributed by atoms with E-state index in [1.54, 1.807) is 24.2 Å². The van der Waals surface area contributed by atoms with Gasteiger partial charge in [-0.3, -0.25) is 9.78 Å². The number of fused-ring (bicyclic) bond motifs is 1. The second-order valence-electron chi connectivity index (χ2n) is 8.35. The maximum absolute atomic E-state index is 13.0. The number of imidazole rings is 1. The van der Waals surface area contributed by atoms with Crippen LogP contribution in [0.15, 0.2) is 78.2 Å². The average molecular weight is 443 g/mol. The third-order valence-electron chi connectivity index (χ3n) is 6.11. The number of likely N-dealkylation sites (tertiary alicyclic amines) is 1. The van der Waals surface area contributed by atoms with Crippen LogP contribution in [0, 0.1) is 5.92 Å². The van der Waals surface area contributed by atoms with Gasteiger partial charge in [0.1, 0.15) is 0 Å². The van der Waals surface area contributed by atoms with Crippen LogP contribution in [0.5, 0.6) is 0 Å². The Morgan fingerprint density at radius 2 is 1.78 bits per heavy atom. The van der Waals surface area contributed by atoms with Crippen molar-refractivity contribution in [3.63, 3.8) is 0 Å². The largest absolute Gasteiger partial charge is 0.339 e. The van der Waals surface area contributed by atoms with Gasteiger partial charge in [-0.25, -0.2) is 4.98 Å². The Labute approximate surface area is 192 Å². The third kappa shape index (κ3) is 4.86. The zero-order valence-corrected chi connectivity index (χ0v) is 18.7. The summed E-state index contributed by atoms with van der Waals surface area (Å²) in [7, 11) is 0. The van der Waals surface area contributed by atoms with Crippen molar-refractivity contribution in [2.45, 2.75) is 30.2 Å². The van der Waals surface area contributed by atoms with Crippen LogP contribution >= 0.6 is 11.8 Å². The Balaban J connectivity index is 1.13. The smallest absolute Gasteiger partial charge is 0.253 e. The molecule has 1 N–H and O–H groups in total. The van der Waals surface area contributed by atoms with Crippen molar-refractivity contribution in [2.75, 3.05) is 13.1 Å². The molecule has 0 saturated carbocycles. The fraction of sp³-hybridized carbons (Fsp3) is 0.269. The summed E-state index contributed by atoms with van der Waals surface area (Å²) >= 11 is 1.65. The number of thioether (sulfide) groups is 1. The number of hydrogen-bond acceptors (Lipinski definition) is 4. The molecule has 0 bridgehead atoms. The average Bonchev–Trinajstić information content (AvgIpc) is 3.27. The Hall–Kier alpha value is -3.12. The van der Waals surface area contributed by atoms with Crippen molar-refractivity contribution < 1.29 is 4.79 Å². The minimum Gasteiger partial charge on any atom is -0.339 e. The highest BCUT2D eigenvalue weighted by Crippen LogP contribution is 2.25. The number of piperidine rings is 1. The Morgan fingerprint density at radius 1 is 1.00 bits per heavy atom. The number of carbonyl (C=O) groups excluding carboxylic acids is 1. The van der Waals surface area contributed by atoms with Gasteiger partial charge in [-0.15, -0.1) is 0 Å². The number of carbonyl (C=O) groups is 1. The van der Waals surface area contributed by atoms with E-state index in [2.05, 4.69) is 45.3 Å². The first-order chi connectivity index (χ1) is 15.7. The molecule has 1 aliphatic heterocycles. The maximum Gasteiger partial charge on any atom is 0.253 e. The molecule has 1 saturated heterocycles. The molecule has 3 heterocycles. The van der Waals surface area contributed by atoms with Gasteiger partial charge in [0, 0.05) is 30.6 Å².